The monoisotopic (exact) mass is 1970 g/mol. The van der Waals surface area contributed by atoms with Gasteiger partial charge in [-0.05, 0) is 171 Å². The van der Waals surface area contributed by atoms with Crippen LogP contribution in [-0.4, -0.2) is 501 Å². The first-order valence-corrected chi connectivity index (χ1v) is 42.9. The van der Waals surface area contributed by atoms with Crippen LogP contribution in [-0.2, 0) is 105 Å². The van der Waals surface area contributed by atoms with Crippen LogP contribution in [0.2, 0.25) is 0 Å². The van der Waals surface area contributed by atoms with Gasteiger partial charge in [0, 0.05) is 0 Å². The van der Waals surface area contributed by atoms with E-state index in [1.165, 1.54) is 75.6 Å². The molecule has 0 radical (unpaired) electrons. The van der Waals surface area contributed by atoms with E-state index in [1.807, 2.05) is 0 Å². The minimum absolute atomic E-state index is 0.121. The highest BCUT2D eigenvalue weighted by Gasteiger charge is 2.43. The molecular weight excluding hydrogens is 1870 g/mol. The molecule has 80 nitrogen and oxygen atoms in total. The Hall–Kier alpha value is -15.5. The lowest BCUT2D eigenvalue weighted by molar-refractivity contribution is -0.806. The zero-order chi connectivity index (χ0) is 98.5. The Labute approximate surface area is 779 Å². The molecule has 16 heterocycles. The fourth-order valence-corrected chi connectivity index (χ4v) is 14.3. The molecule has 752 valence electrons. The lowest BCUT2D eigenvalue weighted by Crippen LogP contribution is -2.41. The molecule has 3 atom stereocenters. The van der Waals surface area contributed by atoms with Crippen LogP contribution in [0.5, 0.6) is 0 Å². The number of aliphatic hydroxyl groups is 16. The van der Waals surface area contributed by atoms with Gasteiger partial charge < -0.3 is 81.7 Å². The average molecular weight is 1970 g/mol. The topological polar surface area (TPSA) is 1020 Å². The summed E-state index contributed by atoms with van der Waals surface area (Å²) in [5, 5.41) is 341. The van der Waals surface area contributed by atoms with Crippen molar-refractivity contribution < 1.29 is 91.3 Å². The third-order valence-electron chi connectivity index (χ3n) is 20.3. The van der Waals surface area contributed by atoms with Gasteiger partial charge in [-0.1, -0.05) is 9.59 Å². The Bertz CT molecular complexity index is 5850. The van der Waals surface area contributed by atoms with Gasteiger partial charge in [0.15, 0.2) is 94.6 Å². The van der Waals surface area contributed by atoms with Crippen molar-refractivity contribution in [2.45, 2.75) is 178 Å². The number of nitrogens with one attached hydrogen (secondary N) is 2. The zero-order valence-corrected chi connectivity index (χ0v) is 74.0. The molecular formula is C60H98N64O16+2. The molecule has 3 unspecified atom stereocenters. The number of nitrogens with zero attached hydrogens (tertiary/aromatic N) is 62. The van der Waals surface area contributed by atoms with Crippen LogP contribution in [0.25, 0.3) is 0 Å². The van der Waals surface area contributed by atoms with E-state index < -0.39 is 47.3 Å². The van der Waals surface area contributed by atoms with Crippen molar-refractivity contribution in [1.82, 2.24) is 314 Å². The standard InChI is InChI=1S/4C15H24N16O4/c32-5-1-28-12(16-20-24-28)10(13-17-21-25-29(13)2-6-33)9-11(14-18-22-26-30(14)3-7-34)15-19-23-27-31(15)4-8-35;32-5-1-28-13(17-21-25-28)10(12-16-24-31(20-12)4-8-35)9-11(14-18-22-26-29(14)2-6-33)15-19-23-27-30(15)3-7-34;32-5-1-28-14(18-22-26-28)11(15-19-23-27-29(15)2-6-33)9-10(12-16-24-30(20-12)3-7-34)13-17-25-31(21-13)4-8-35;32-5-1-28-15(19-23-27-28)11(14-18-26-31(22-14)4-8-35)9-10(12-16-24-29(20-12)2-6-33)13-17-25-30(21-13)3-7-34/h4*10-11,32-35H,1-9H2/p+2. The summed E-state index contributed by atoms with van der Waals surface area (Å²) in [6.07, 6.45) is 0.682. The number of hydrogen-bond acceptors (Lipinski definition) is 62. The summed E-state index contributed by atoms with van der Waals surface area (Å²) in [5.74, 6) is -0.208. The quantitative estimate of drug-likeness (QED) is 0.0157. The van der Waals surface area contributed by atoms with Gasteiger partial charge in [-0.15, -0.1) is 91.8 Å². The highest BCUT2D eigenvalue weighted by atomic mass is 16.3. The van der Waals surface area contributed by atoms with Gasteiger partial charge in [0.2, 0.25) is 0 Å². The van der Waals surface area contributed by atoms with Crippen LogP contribution in [0, 0.1) is 0 Å². The molecule has 16 rings (SSSR count). The van der Waals surface area contributed by atoms with E-state index in [2.05, 4.69) is 248 Å². The van der Waals surface area contributed by atoms with E-state index in [0.717, 1.165) is 0 Å². The minimum Gasteiger partial charge on any atom is -0.394 e. The summed E-state index contributed by atoms with van der Waals surface area (Å²) in [7, 11) is 0. The summed E-state index contributed by atoms with van der Waals surface area (Å²) in [6.45, 7) is -0.846. The predicted molar refractivity (Wildman–Crippen MR) is 429 cm³/mol. The number of tetrazole rings is 16. The van der Waals surface area contributed by atoms with E-state index in [9.17, 15) is 81.7 Å². The molecule has 0 amide bonds. The number of aliphatic hydroxyl groups excluding tert-OH is 16. The van der Waals surface area contributed by atoms with Gasteiger partial charge in [-0.3, -0.25) is 0 Å². The van der Waals surface area contributed by atoms with Crippen LogP contribution in [0.1, 0.15) is 166 Å². The number of aromatic amines is 2. The second kappa shape index (κ2) is 52.1. The lowest BCUT2D eigenvalue weighted by atomic mass is 9.91. The summed E-state index contributed by atoms with van der Waals surface area (Å²) in [4.78, 5) is 7.69. The Morgan fingerprint density at radius 1 is 0.186 bits per heavy atom. The fourth-order valence-electron chi connectivity index (χ4n) is 14.3. The van der Waals surface area contributed by atoms with Crippen LogP contribution in [0.4, 0.5) is 0 Å². The van der Waals surface area contributed by atoms with Crippen molar-refractivity contribution in [3.05, 3.63) is 93.2 Å². The third-order valence-corrected chi connectivity index (χ3v) is 20.3. The maximum absolute atomic E-state index is 9.48. The van der Waals surface area contributed by atoms with E-state index in [1.54, 1.807) is 0 Å². The molecule has 0 saturated heterocycles. The van der Waals surface area contributed by atoms with Gasteiger partial charge >= 0.3 is 11.6 Å². The van der Waals surface area contributed by atoms with Crippen LogP contribution >= 0.6 is 0 Å². The Balaban J connectivity index is 0.000000157. The minimum atomic E-state index is -0.696. The molecule has 0 fully saturated rings. The van der Waals surface area contributed by atoms with Crippen LogP contribution in [0.15, 0.2) is 0 Å². The summed E-state index contributed by atoms with van der Waals surface area (Å²) in [5.41, 5.74) is 0. The second-order valence-corrected chi connectivity index (χ2v) is 29.1. The van der Waals surface area contributed by atoms with Crippen LogP contribution in [0.3, 0.4) is 0 Å². The van der Waals surface area contributed by atoms with Gasteiger partial charge in [-0.25, -0.2) is 46.8 Å². The van der Waals surface area contributed by atoms with E-state index >= 15 is 0 Å². The summed E-state index contributed by atoms with van der Waals surface area (Å²) >= 11 is 0. The molecule has 18 N–H and O–H groups in total. The number of hydrogen-bond donors (Lipinski definition) is 18. The van der Waals surface area contributed by atoms with Crippen molar-refractivity contribution in [1.29, 1.82) is 0 Å². The molecule has 0 aliphatic rings. The van der Waals surface area contributed by atoms with Gasteiger partial charge in [0.25, 0.3) is 0 Å². The maximum atomic E-state index is 9.48. The fraction of sp³-hybridized carbons (Fsp3) is 0.733. The zero-order valence-electron chi connectivity index (χ0n) is 74.0. The number of H-pyrrole nitrogens is 2. The van der Waals surface area contributed by atoms with Crippen LogP contribution < -0.4 is 9.59 Å². The summed E-state index contributed by atoms with van der Waals surface area (Å²) in [6, 6.07) is 0. The van der Waals surface area contributed by atoms with Crippen molar-refractivity contribution >= 4 is 0 Å². The highest BCUT2D eigenvalue weighted by Crippen LogP contribution is 2.39. The second-order valence-electron chi connectivity index (χ2n) is 29.1. The first-order valence-electron chi connectivity index (χ1n) is 42.9. The van der Waals surface area contributed by atoms with Gasteiger partial charge in [-0.2, -0.15) is 19.2 Å². The van der Waals surface area contributed by atoms with Gasteiger partial charge in [0.05, 0.1) is 243 Å². The molecule has 0 aliphatic carbocycles. The first kappa shape index (κ1) is 102. The molecule has 16 aromatic rings. The molecule has 0 spiro atoms. The van der Waals surface area contributed by atoms with Crippen molar-refractivity contribution in [2.75, 3.05) is 106 Å². The Morgan fingerprint density at radius 2 is 0.357 bits per heavy atom. The molecule has 0 aromatic carbocycles. The van der Waals surface area contributed by atoms with Crippen molar-refractivity contribution in [3.8, 4) is 0 Å². The SMILES string of the molecule is OCCn1nnc(C(CC(c2nnn(CCO)n2)c2nnnn2CCO)c2n[nH][n+](CCO)n2)n1.OCCn1nnc(C(CC(c2nnnn2CCO)c2nnnn2CCO)c2nnn(CCO)n2)n1.OCCn1nnnc1C(CC(c1nnnn1CCO)c1nnnn1CCO)c1n[nH][n+](CCO)n1.OCCn1nnnc1C(CC(c1nnnn1CCO)c1nnnn1CCO)c1nnnn1CCO. The highest BCUT2D eigenvalue weighted by molar-refractivity contribution is 5.22. The van der Waals surface area contributed by atoms with E-state index in [0.29, 0.717) is 69.9 Å². The van der Waals surface area contributed by atoms with E-state index in [-0.39, 0.29) is 259 Å². The normalized spacial score (nSPS) is 12.4. The molecule has 0 bridgehead atoms. The van der Waals surface area contributed by atoms with Gasteiger partial charge in [0.1, 0.15) is 11.8 Å². The molecule has 0 saturated carbocycles. The van der Waals surface area contributed by atoms with Crippen molar-refractivity contribution in [3.63, 3.8) is 0 Å². The molecule has 0 aliphatic heterocycles. The average Bonchev–Trinajstić information content (AvgIpc) is 1.65. The summed E-state index contributed by atoms with van der Waals surface area (Å²) < 4.78 is 14.3. The Kier molecular flexibility index (Phi) is 38.0. The first-order chi connectivity index (χ1) is 68.7. The molecule has 140 heavy (non-hydrogen) atoms. The molecule has 80 heteroatoms. The number of rotatable bonds is 56. The van der Waals surface area contributed by atoms with E-state index in [4.69, 9.17) is 0 Å². The lowest BCUT2D eigenvalue weighted by Gasteiger charge is -2.21. The largest absolute Gasteiger partial charge is 0.394 e. The smallest absolute Gasteiger partial charge is 0.319 e. The Morgan fingerprint density at radius 3 is 0.571 bits per heavy atom. The molecule has 16 aromatic heterocycles. The third kappa shape index (κ3) is 25.5. The van der Waals surface area contributed by atoms with Crippen molar-refractivity contribution in [2.24, 2.45) is 0 Å². The maximum Gasteiger partial charge on any atom is 0.319 e. The predicted octanol–water partition coefficient (Wildman–Crippen LogP) is -21.3. The number of aromatic nitrogens is 64.